The number of hydrogen-bond acceptors (Lipinski definition) is 4. The molecule has 0 radical (unpaired) electrons. The first-order chi connectivity index (χ1) is 12.4. The molecule has 0 aliphatic carbocycles. The third-order valence-electron chi connectivity index (χ3n) is 3.88. The van der Waals surface area contributed by atoms with Crippen LogP contribution in [0.25, 0.3) is 10.2 Å². The number of aromatic nitrogens is 1. The monoisotopic (exact) mass is 410 g/mol. The van der Waals surface area contributed by atoms with Crippen LogP contribution in [0.15, 0.2) is 35.3 Å². The van der Waals surface area contributed by atoms with Gasteiger partial charge in [-0.05, 0) is 29.8 Å². The fourth-order valence-electron chi connectivity index (χ4n) is 2.59. The molecule has 2 aromatic carbocycles. The first kappa shape index (κ1) is 18.8. The fraction of sp³-hybridized carbons (Fsp3) is 0.222. The highest BCUT2D eigenvalue weighted by Crippen LogP contribution is 2.31. The van der Waals surface area contributed by atoms with Crippen LogP contribution in [0.2, 0.25) is 10.0 Å². The Balaban J connectivity index is 1.93. The number of rotatable bonds is 4. The Morgan fingerprint density at radius 1 is 1.15 bits per heavy atom. The van der Waals surface area contributed by atoms with E-state index in [4.69, 9.17) is 32.7 Å². The first-order valence-corrected chi connectivity index (χ1v) is 9.23. The molecule has 3 aromatic rings. The first-order valence-electron chi connectivity index (χ1n) is 7.66. The summed E-state index contributed by atoms with van der Waals surface area (Å²) in [6, 6.07) is 8.96. The summed E-state index contributed by atoms with van der Waals surface area (Å²) in [4.78, 5) is 17.2. The van der Waals surface area contributed by atoms with E-state index >= 15 is 0 Å². The van der Waals surface area contributed by atoms with Gasteiger partial charge in [0.05, 0.1) is 40.9 Å². The minimum Gasteiger partial charge on any atom is -0.493 e. The molecule has 5 nitrogen and oxygen atoms in total. The van der Waals surface area contributed by atoms with E-state index in [-0.39, 0.29) is 12.3 Å². The Bertz CT molecular complexity index is 1060. The molecule has 0 aliphatic rings. The fourth-order valence-corrected chi connectivity index (χ4v) is 4.13. The van der Waals surface area contributed by atoms with Crippen molar-refractivity contribution in [1.29, 1.82) is 0 Å². The molecule has 1 heterocycles. The Kier molecular flexibility index (Phi) is 5.55. The molecule has 1 amide bonds. The molecule has 0 N–H and O–H groups in total. The number of methoxy groups -OCH3 is 2. The predicted octanol–water partition coefficient (Wildman–Crippen LogP) is 4.23. The van der Waals surface area contributed by atoms with Gasteiger partial charge in [0.15, 0.2) is 16.3 Å². The lowest BCUT2D eigenvalue weighted by Crippen LogP contribution is -2.14. The average molecular weight is 411 g/mol. The van der Waals surface area contributed by atoms with Crippen molar-refractivity contribution in [2.24, 2.45) is 12.0 Å². The second-order valence-electron chi connectivity index (χ2n) is 5.52. The number of ether oxygens (including phenoxy) is 2. The minimum atomic E-state index is -0.262. The Hall–Kier alpha value is -2.02. The maximum Gasteiger partial charge on any atom is 0.252 e. The molecule has 0 saturated heterocycles. The van der Waals surface area contributed by atoms with Crippen molar-refractivity contribution >= 4 is 50.7 Å². The summed E-state index contributed by atoms with van der Waals surface area (Å²) in [5.74, 6) is 0.927. The zero-order valence-electron chi connectivity index (χ0n) is 14.4. The van der Waals surface area contributed by atoms with Gasteiger partial charge in [-0.1, -0.05) is 40.6 Å². The van der Waals surface area contributed by atoms with Gasteiger partial charge in [-0.3, -0.25) is 4.79 Å². The van der Waals surface area contributed by atoms with Crippen LogP contribution in [0, 0.1) is 0 Å². The van der Waals surface area contributed by atoms with Gasteiger partial charge in [0, 0.05) is 7.05 Å². The predicted molar refractivity (Wildman–Crippen MR) is 105 cm³/mol. The Labute approximate surface area is 164 Å². The highest BCUT2D eigenvalue weighted by molar-refractivity contribution is 7.16. The number of hydrogen-bond donors (Lipinski definition) is 0. The summed E-state index contributed by atoms with van der Waals surface area (Å²) in [7, 11) is 4.93. The molecular formula is C18H16Cl2N2O3S. The molecule has 0 unspecified atom stereocenters. The van der Waals surface area contributed by atoms with Crippen LogP contribution >= 0.6 is 34.5 Å². The van der Waals surface area contributed by atoms with Crippen molar-refractivity contribution in [3.05, 3.63) is 50.7 Å². The molecular weight excluding hydrogens is 395 g/mol. The number of halogens is 2. The van der Waals surface area contributed by atoms with Gasteiger partial charge in [0.1, 0.15) is 0 Å². The van der Waals surface area contributed by atoms with Gasteiger partial charge in [-0.2, -0.15) is 4.99 Å². The van der Waals surface area contributed by atoms with E-state index in [1.54, 1.807) is 37.0 Å². The average Bonchev–Trinajstić information content (AvgIpc) is 2.94. The van der Waals surface area contributed by atoms with Crippen molar-refractivity contribution < 1.29 is 14.3 Å². The second kappa shape index (κ2) is 7.70. The highest BCUT2D eigenvalue weighted by Gasteiger charge is 2.12. The number of thiazole rings is 1. The number of nitrogens with zero attached hydrogens (tertiary/aromatic N) is 2. The standard InChI is InChI=1S/C18H16Cl2N2O3S/c1-22-17-14(7-5-11(19)16(17)20)26-18(22)21-15(23)9-10-4-6-12(24-2)13(8-10)25-3/h4-8H,9H2,1-3H3. The molecule has 0 aliphatic heterocycles. The van der Waals surface area contributed by atoms with Gasteiger partial charge >= 0.3 is 0 Å². The normalized spacial score (nSPS) is 11.8. The Morgan fingerprint density at radius 3 is 2.58 bits per heavy atom. The lowest BCUT2D eigenvalue weighted by atomic mass is 10.1. The highest BCUT2D eigenvalue weighted by atomic mass is 35.5. The molecule has 26 heavy (non-hydrogen) atoms. The number of fused-ring (bicyclic) bond motifs is 1. The van der Waals surface area contributed by atoms with Crippen LogP contribution < -0.4 is 14.3 Å². The van der Waals surface area contributed by atoms with Gasteiger partial charge in [-0.25, -0.2) is 0 Å². The summed E-state index contributed by atoms with van der Waals surface area (Å²) in [5.41, 5.74) is 1.56. The van der Waals surface area contributed by atoms with Crippen LogP contribution in [0.4, 0.5) is 0 Å². The zero-order chi connectivity index (χ0) is 18.8. The van der Waals surface area contributed by atoms with E-state index in [9.17, 15) is 4.79 Å². The number of amides is 1. The van der Waals surface area contributed by atoms with E-state index in [1.165, 1.54) is 11.3 Å². The van der Waals surface area contributed by atoms with Crippen molar-refractivity contribution in [1.82, 2.24) is 4.57 Å². The maximum absolute atomic E-state index is 12.4. The summed E-state index contributed by atoms with van der Waals surface area (Å²) in [6.07, 6.45) is 0.156. The topological polar surface area (TPSA) is 52.8 Å². The number of benzene rings is 2. The molecule has 8 heteroatoms. The molecule has 0 bridgehead atoms. The lowest BCUT2D eigenvalue weighted by molar-refractivity contribution is -0.117. The number of carbonyl (C=O) groups excluding carboxylic acids is 1. The zero-order valence-corrected chi connectivity index (χ0v) is 16.7. The maximum atomic E-state index is 12.4. The van der Waals surface area contributed by atoms with Crippen molar-refractivity contribution in [3.8, 4) is 11.5 Å². The van der Waals surface area contributed by atoms with Gasteiger partial charge in [0.2, 0.25) is 0 Å². The van der Waals surface area contributed by atoms with E-state index < -0.39 is 0 Å². The van der Waals surface area contributed by atoms with Crippen molar-refractivity contribution in [2.75, 3.05) is 14.2 Å². The van der Waals surface area contributed by atoms with E-state index in [0.717, 1.165) is 15.8 Å². The summed E-state index contributed by atoms with van der Waals surface area (Å²) < 4.78 is 13.2. The quantitative estimate of drug-likeness (QED) is 0.646. The van der Waals surface area contributed by atoms with Crippen LogP contribution in [0.1, 0.15) is 5.56 Å². The molecule has 136 valence electrons. The van der Waals surface area contributed by atoms with Crippen LogP contribution in [-0.4, -0.2) is 24.7 Å². The molecule has 0 saturated carbocycles. The lowest BCUT2D eigenvalue weighted by Gasteiger charge is -2.08. The largest absolute Gasteiger partial charge is 0.493 e. The summed E-state index contributed by atoms with van der Waals surface area (Å²) in [5, 5.41) is 0.924. The second-order valence-corrected chi connectivity index (χ2v) is 7.32. The summed E-state index contributed by atoms with van der Waals surface area (Å²) >= 11 is 13.7. The third kappa shape index (κ3) is 3.58. The van der Waals surface area contributed by atoms with Crippen LogP contribution in [0.3, 0.4) is 0 Å². The van der Waals surface area contributed by atoms with Crippen LogP contribution in [0.5, 0.6) is 11.5 Å². The smallest absolute Gasteiger partial charge is 0.252 e. The van der Waals surface area contributed by atoms with E-state index in [0.29, 0.717) is 26.3 Å². The number of aryl methyl sites for hydroxylation is 1. The third-order valence-corrected chi connectivity index (χ3v) is 5.77. The molecule has 3 rings (SSSR count). The molecule has 1 aromatic heterocycles. The van der Waals surface area contributed by atoms with Crippen molar-refractivity contribution in [3.63, 3.8) is 0 Å². The van der Waals surface area contributed by atoms with Gasteiger partial charge < -0.3 is 14.0 Å². The van der Waals surface area contributed by atoms with Gasteiger partial charge in [-0.15, -0.1) is 0 Å². The van der Waals surface area contributed by atoms with Gasteiger partial charge in [0.25, 0.3) is 5.91 Å². The van der Waals surface area contributed by atoms with E-state index in [1.807, 2.05) is 19.2 Å². The Morgan fingerprint density at radius 2 is 1.88 bits per heavy atom. The van der Waals surface area contributed by atoms with Crippen LogP contribution in [-0.2, 0) is 18.3 Å². The molecule has 0 fully saturated rings. The molecule has 0 atom stereocenters. The number of carbonyl (C=O) groups is 1. The SMILES string of the molecule is COc1ccc(CC(=O)N=c2sc3ccc(Cl)c(Cl)c3n2C)cc1OC. The molecule has 0 spiro atoms. The van der Waals surface area contributed by atoms with Crippen molar-refractivity contribution in [2.45, 2.75) is 6.42 Å². The minimum absolute atomic E-state index is 0.156. The summed E-state index contributed by atoms with van der Waals surface area (Å²) in [6.45, 7) is 0. The van der Waals surface area contributed by atoms with E-state index in [2.05, 4.69) is 4.99 Å².